The van der Waals surface area contributed by atoms with E-state index in [4.69, 9.17) is 21.7 Å². The Labute approximate surface area is 159 Å². The Bertz CT molecular complexity index is 773. The van der Waals surface area contributed by atoms with Crippen molar-refractivity contribution < 1.29 is 14.3 Å². The van der Waals surface area contributed by atoms with Crippen molar-refractivity contribution in [2.45, 2.75) is 13.8 Å². The van der Waals surface area contributed by atoms with E-state index in [0.29, 0.717) is 13.2 Å². The first-order chi connectivity index (χ1) is 12.6. The molecular weight excluding hydrogens is 348 g/mol. The fourth-order valence-corrected chi connectivity index (χ4v) is 2.38. The quantitative estimate of drug-likeness (QED) is 0.570. The van der Waals surface area contributed by atoms with Crippen LogP contribution in [0.15, 0.2) is 54.6 Å². The molecule has 2 rings (SSSR count). The molecule has 0 aliphatic carbocycles. The van der Waals surface area contributed by atoms with Gasteiger partial charge >= 0.3 is 0 Å². The summed E-state index contributed by atoms with van der Waals surface area (Å²) in [5, 5.41) is 5.79. The Kier molecular flexibility index (Phi) is 7.64. The summed E-state index contributed by atoms with van der Waals surface area (Å²) in [4.78, 5) is 12.0. The second-order valence-corrected chi connectivity index (χ2v) is 5.65. The molecule has 0 heterocycles. The molecular formula is C20H22N2O3S. The largest absolute Gasteiger partial charge is 0.494 e. The van der Waals surface area contributed by atoms with Crippen molar-refractivity contribution in [1.29, 1.82) is 0 Å². The van der Waals surface area contributed by atoms with Crippen LogP contribution in [0.5, 0.6) is 11.5 Å². The molecule has 0 saturated heterocycles. The molecule has 0 aliphatic heterocycles. The van der Waals surface area contributed by atoms with Crippen LogP contribution >= 0.6 is 12.2 Å². The molecule has 5 nitrogen and oxygen atoms in total. The first kappa shape index (κ1) is 19.5. The lowest BCUT2D eigenvalue weighted by molar-refractivity contribution is -0.115. The zero-order valence-electron chi connectivity index (χ0n) is 14.8. The van der Waals surface area contributed by atoms with Crippen LogP contribution in [0.3, 0.4) is 0 Å². The van der Waals surface area contributed by atoms with Gasteiger partial charge in [0.25, 0.3) is 0 Å². The van der Waals surface area contributed by atoms with Gasteiger partial charge in [0.05, 0.1) is 13.2 Å². The van der Waals surface area contributed by atoms with E-state index in [2.05, 4.69) is 10.6 Å². The number of amides is 1. The van der Waals surface area contributed by atoms with E-state index in [-0.39, 0.29) is 11.0 Å². The first-order valence-corrected chi connectivity index (χ1v) is 8.77. The summed E-state index contributed by atoms with van der Waals surface area (Å²) in [7, 11) is 0. The Morgan fingerprint density at radius 2 is 1.73 bits per heavy atom. The van der Waals surface area contributed by atoms with Crippen molar-refractivity contribution in [3.05, 3.63) is 60.2 Å². The predicted octanol–water partition coefficient (Wildman–Crippen LogP) is 4.01. The Morgan fingerprint density at radius 1 is 1.04 bits per heavy atom. The SMILES string of the molecule is CCOc1ccc(/C=C/C(=O)NC(=S)Nc2cccc(OCC)c2)cc1. The number of carbonyl (C=O) groups excluding carboxylic acids is 1. The van der Waals surface area contributed by atoms with Gasteiger partial charge in [0, 0.05) is 17.8 Å². The molecule has 0 unspecified atom stereocenters. The van der Waals surface area contributed by atoms with E-state index >= 15 is 0 Å². The molecule has 0 atom stereocenters. The maximum Gasteiger partial charge on any atom is 0.250 e. The van der Waals surface area contributed by atoms with Gasteiger partial charge < -0.3 is 14.8 Å². The molecule has 26 heavy (non-hydrogen) atoms. The third-order valence-electron chi connectivity index (χ3n) is 3.26. The van der Waals surface area contributed by atoms with Crippen LogP contribution in [0.1, 0.15) is 19.4 Å². The lowest BCUT2D eigenvalue weighted by atomic mass is 10.2. The van der Waals surface area contributed by atoms with E-state index in [1.165, 1.54) is 6.08 Å². The second kappa shape index (κ2) is 10.2. The lowest BCUT2D eigenvalue weighted by Crippen LogP contribution is -2.32. The van der Waals surface area contributed by atoms with Gasteiger partial charge in [-0.1, -0.05) is 18.2 Å². The molecule has 0 radical (unpaired) electrons. The number of rotatable bonds is 7. The average Bonchev–Trinajstić information content (AvgIpc) is 2.62. The summed E-state index contributed by atoms with van der Waals surface area (Å²) >= 11 is 5.16. The summed E-state index contributed by atoms with van der Waals surface area (Å²) in [5.41, 5.74) is 1.64. The number of thiocarbonyl (C=S) groups is 1. The number of ether oxygens (including phenoxy) is 2. The van der Waals surface area contributed by atoms with Crippen molar-refractivity contribution in [2.75, 3.05) is 18.5 Å². The van der Waals surface area contributed by atoms with Gasteiger partial charge in [-0.15, -0.1) is 0 Å². The number of benzene rings is 2. The molecule has 0 aromatic heterocycles. The molecule has 136 valence electrons. The standard InChI is InChI=1S/C20H22N2O3S/c1-3-24-17-11-8-15(9-12-17)10-13-19(23)22-20(26)21-16-6-5-7-18(14-16)25-4-2/h5-14H,3-4H2,1-2H3,(H2,21,22,23,26)/b13-10+. The molecule has 0 bridgehead atoms. The van der Waals surface area contributed by atoms with Gasteiger partial charge in [-0.2, -0.15) is 0 Å². The molecule has 6 heteroatoms. The van der Waals surface area contributed by atoms with E-state index in [1.54, 1.807) is 6.08 Å². The highest BCUT2D eigenvalue weighted by molar-refractivity contribution is 7.80. The van der Waals surface area contributed by atoms with Crippen molar-refractivity contribution in [3.8, 4) is 11.5 Å². The van der Waals surface area contributed by atoms with Crippen LogP contribution in [0.2, 0.25) is 0 Å². The molecule has 2 N–H and O–H groups in total. The summed E-state index contributed by atoms with van der Waals surface area (Å²) in [6.45, 7) is 5.06. The predicted molar refractivity (Wildman–Crippen MR) is 109 cm³/mol. The van der Waals surface area contributed by atoms with Crippen LogP contribution in [0, 0.1) is 0 Å². The number of hydrogen-bond donors (Lipinski definition) is 2. The molecule has 2 aromatic rings. The first-order valence-electron chi connectivity index (χ1n) is 8.36. The molecule has 2 aromatic carbocycles. The maximum absolute atomic E-state index is 12.0. The second-order valence-electron chi connectivity index (χ2n) is 5.24. The highest BCUT2D eigenvalue weighted by atomic mass is 32.1. The van der Waals surface area contributed by atoms with Crippen LogP contribution in [0.4, 0.5) is 5.69 Å². The topological polar surface area (TPSA) is 59.6 Å². The zero-order valence-corrected chi connectivity index (χ0v) is 15.6. The summed E-state index contributed by atoms with van der Waals surface area (Å²) in [6.07, 6.45) is 3.14. The minimum absolute atomic E-state index is 0.222. The van der Waals surface area contributed by atoms with Crippen molar-refractivity contribution in [1.82, 2.24) is 5.32 Å². The molecule has 0 saturated carbocycles. The Hall–Kier alpha value is -2.86. The normalized spacial score (nSPS) is 10.4. The van der Waals surface area contributed by atoms with Crippen LogP contribution in [0.25, 0.3) is 6.08 Å². The number of carbonyl (C=O) groups is 1. The van der Waals surface area contributed by atoms with Crippen LogP contribution < -0.4 is 20.1 Å². The fraction of sp³-hybridized carbons (Fsp3) is 0.200. The van der Waals surface area contributed by atoms with Gasteiger partial charge in [0.2, 0.25) is 5.91 Å². The fourth-order valence-electron chi connectivity index (χ4n) is 2.16. The van der Waals surface area contributed by atoms with E-state index in [1.807, 2.05) is 62.4 Å². The minimum Gasteiger partial charge on any atom is -0.494 e. The third kappa shape index (κ3) is 6.57. The summed E-state index contributed by atoms with van der Waals surface area (Å²) < 4.78 is 10.8. The van der Waals surface area contributed by atoms with Crippen LogP contribution in [-0.2, 0) is 4.79 Å². The lowest BCUT2D eigenvalue weighted by Gasteiger charge is -2.10. The average molecular weight is 370 g/mol. The minimum atomic E-state index is -0.308. The van der Waals surface area contributed by atoms with Gasteiger partial charge in [-0.25, -0.2) is 0 Å². The van der Waals surface area contributed by atoms with E-state index < -0.39 is 0 Å². The van der Waals surface area contributed by atoms with E-state index in [9.17, 15) is 4.79 Å². The van der Waals surface area contributed by atoms with Crippen molar-refractivity contribution in [2.24, 2.45) is 0 Å². The molecule has 0 spiro atoms. The Morgan fingerprint density at radius 3 is 2.42 bits per heavy atom. The van der Waals surface area contributed by atoms with Gasteiger partial charge in [0.1, 0.15) is 11.5 Å². The third-order valence-corrected chi connectivity index (χ3v) is 3.46. The smallest absolute Gasteiger partial charge is 0.250 e. The highest BCUT2D eigenvalue weighted by Gasteiger charge is 2.03. The van der Waals surface area contributed by atoms with Crippen LogP contribution in [-0.4, -0.2) is 24.2 Å². The number of nitrogens with one attached hydrogen (secondary N) is 2. The summed E-state index contributed by atoms with van der Waals surface area (Å²) in [6, 6.07) is 14.8. The van der Waals surface area contributed by atoms with Crippen molar-refractivity contribution in [3.63, 3.8) is 0 Å². The Balaban J connectivity index is 1.86. The number of hydrogen-bond acceptors (Lipinski definition) is 4. The van der Waals surface area contributed by atoms with Gasteiger partial charge in [0.15, 0.2) is 5.11 Å². The maximum atomic E-state index is 12.0. The van der Waals surface area contributed by atoms with Gasteiger partial charge in [-0.05, 0) is 62.0 Å². The monoisotopic (exact) mass is 370 g/mol. The highest BCUT2D eigenvalue weighted by Crippen LogP contribution is 2.17. The molecule has 1 amide bonds. The molecule has 0 fully saturated rings. The van der Waals surface area contributed by atoms with Gasteiger partial charge in [-0.3, -0.25) is 10.1 Å². The zero-order chi connectivity index (χ0) is 18.8. The van der Waals surface area contributed by atoms with E-state index in [0.717, 1.165) is 22.7 Å². The number of anilines is 1. The van der Waals surface area contributed by atoms with Crippen molar-refractivity contribution >= 4 is 35.0 Å². The molecule has 0 aliphatic rings. The summed E-state index contributed by atoms with van der Waals surface area (Å²) in [5.74, 6) is 1.23.